The highest BCUT2D eigenvalue weighted by Gasteiger charge is 2.66. The van der Waals surface area contributed by atoms with Crippen molar-refractivity contribution in [1.29, 1.82) is 0 Å². The van der Waals surface area contributed by atoms with Crippen LogP contribution in [0.5, 0.6) is 0 Å². The van der Waals surface area contributed by atoms with Crippen LogP contribution in [0, 0.1) is 41.4 Å². The number of rotatable bonds is 3. The zero-order chi connectivity index (χ0) is 12.3. The molecule has 4 rings (SSSR count). The first-order valence-corrected chi connectivity index (χ1v) is 8.55. The molecule has 102 valence electrons. The molecule has 5 unspecified atom stereocenters. The Labute approximate surface area is 112 Å². The van der Waals surface area contributed by atoms with Crippen LogP contribution in [0.25, 0.3) is 0 Å². The third-order valence-electron chi connectivity index (χ3n) is 7.25. The van der Waals surface area contributed by atoms with Gasteiger partial charge in [0.25, 0.3) is 0 Å². The first kappa shape index (κ1) is 11.8. The monoisotopic (exact) mass is 247 g/mol. The van der Waals surface area contributed by atoms with Gasteiger partial charge >= 0.3 is 0 Å². The average molecular weight is 247 g/mol. The molecule has 4 aliphatic carbocycles. The maximum Gasteiger partial charge on any atom is 0.0101 e. The Morgan fingerprint density at radius 2 is 1.56 bits per heavy atom. The van der Waals surface area contributed by atoms with Crippen molar-refractivity contribution in [2.24, 2.45) is 47.2 Å². The van der Waals surface area contributed by atoms with Crippen LogP contribution in [-0.4, -0.2) is 6.04 Å². The van der Waals surface area contributed by atoms with Gasteiger partial charge in [-0.05, 0) is 73.5 Å². The summed E-state index contributed by atoms with van der Waals surface area (Å²) in [5.41, 5.74) is 6.68. The van der Waals surface area contributed by atoms with Crippen LogP contribution in [0.2, 0.25) is 0 Å². The topological polar surface area (TPSA) is 26.0 Å². The number of nitrogens with two attached hydrogens (primary N) is 1. The average Bonchev–Trinajstić information content (AvgIpc) is 2.85. The van der Waals surface area contributed by atoms with Crippen LogP contribution in [-0.2, 0) is 0 Å². The second-order valence-corrected chi connectivity index (χ2v) is 7.83. The smallest absolute Gasteiger partial charge is 0.0101 e. The van der Waals surface area contributed by atoms with E-state index in [1.54, 1.807) is 6.42 Å². The normalized spacial score (nSPS) is 55.3. The lowest BCUT2D eigenvalue weighted by molar-refractivity contribution is 0.213. The Morgan fingerprint density at radius 3 is 2.11 bits per heavy atom. The van der Waals surface area contributed by atoms with Crippen molar-refractivity contribution in [2.75, 3.05) is 0 Å². The van der Waals surface area contributed by atoms with Gasteiger partial charge in [-0.25, -0.2) is 0 Å². The highest BCUT2D eigenvalue weighted by Crippen LogP contribution is 2.70. The fourth-order valence-corrected chi connectivity index (χ4v) is 6.20. The maximum atomic E-state index is 6.68. The van der Waals surface area contributed by atoms with Crippen LogP contribution < -0.4 is 5.73 Å². The molecule has 0 heterocycles. The van der Waals surface area contributed by atoms with Gasteiger partial charge in [0.2, 0.25) is 0 Å². The SMILES string of the molecule is CCC1CCC(C(N)C2C3C4CCC(C4)C32)CC1. The van der Waals surface area contributed by atoms with Crippen molar-refractivity contribution in [1.82, 2.24) is 0 Å². The third kappa shape index (κ3) is 1.62. The fourth-order valence-electron chi connectivity index (χ4n) is 6.20. The highest BCUT2D eigenvalue weighted by molar-refractivity contribution is 5.16. The van der Waals surface area contributed by atoms with Gasteiger partial charge in [-0.15, -0.1) is 0 Å². The van der Waals surface area contributed by atoms with Gasteiger partial charge < -0.3 is 5.73 Å². The molecule has 5 atom stereocenters. The first-order valence-electron chi connectivity index (χ1n) is 8.55. The Morgan fingerprint density at radius 1 is 0.944 bits per heavy atom. The molecule has 4 fully saturated rings. The van der Waals surface area contributed by atoms with E-state index in [0.717, 1.165) is 41.4 Å². The lowest BCUT2D eigenvalue weighted by Gasteiger charge is -2.33. The Bertz CT molecular complexity index is 302. The van der Waals surface area contributed by atoms with Crippen molar-refractivity contribution < 1.29 is 0 Å². The number of hydrogen-bond donors (Lipinski definition) is 1. The van der Waals surface area contributed by atoms with Crippen LogP contribution in [0.1, 0.15) is 58.3 Å². The van der Waals surface area contributed by atoms with Crippen LogP contribution in [0.3, 0.4) is 0 Å². The Kier molecular flexibility index (Phi) is 2.76. The minimum atomic E-state index is 0.571. The van der Waals surface area contributed by atoms with E-state index in [-0.39, 0.29) is 0 Å². The quantitative estimate of drug-likeness (QED) is 0.806. The van der Waals surface area contributed by atoms with Gasteiger partial charge in [0.05, 0.1) is 0 Å². The zero-order valence-electron chi connectivity index (χ0n) is 11.9. The molecular formula is C17H29N. The van der Waals surface area contributed by atoms with Gasteiger partial charge in [0, 0.05) is 6.04 Å². The summed E-state index contributed by atoms with van der Waals surface area (Å²) in [5.74, 6) is 7.22. The summed E-state index contributed by atoms with van der Waals surface area (Å²) >= 11 is 0. The predicted molar refractivity (Wildman–Crippen MR) is 75.0 cm³/mol. The van der Waals surface area contributed by atoms with Crippen LogP contribution in [0.15, 0.2) is 0 Å². The summed E-state index contributed by atoms with van der Waals surface area (Å²) in [6.07, 6.45) is 11.8. The van der Waals surface area contributed by atoms with E-state index in [1.807, 2.05) is 0 Å². The summed E-state index contributed by atoms with van der Waals surface area (Å²) < 4.78 is 0. The molecule has 0 aromatic rings. The largest absolute Gasteiger partial charge is 0.327 e. The molecule has 2 N–H and O–H groups in total. The molecule has 0 saturated heterocycles. The molecular weight excluding hydrogens is 218 g/mol. The van der Waals surface area contributed by atoms with Crippen molar-refractivity contribution in [2.45, 2.75) is 64.3 Å². The van der Waals surface area contributed by atoms with E-state index >= 15 is 0 Å². The van der Waals surface area contributed by atoms with E-state index in [0.29, 0.717) is 6.04 Å². The van der Waals surface area contributed by atoms with Gasteiger partial charge in [0.1, 0.15) is 0 Å². The highest BCUT2D eigenvalue weighted by atomic mass is 14.8. The maximum absolute atomic E-state index is 6.68. The van der Waals surface area contributed by atoms with Crippen LogP contribution in [0.4, 0.5) is 0 Å². The lowest BCUT2D eigenvalue weighted by Crippen LogP contribution is -2.36. The van der Waals surface area contributed by atoms with Crippen LogP contribution >= 0.6 is 0 Å². The summed E-state index contributed by atoms with van der Waals surface area (Å²) in [6.45, 7) is 2.36. The number of hydrogen-bond acceptors (Lipinski definition) is 1. The molecule has 0 aromatic carbocycles. The molecule has 2 bridgehead atoms. The van der Waals surface area contributed by atoms with E-state index in [1.165, 1.54) is 44.9 Å². The second-order valence-electron chi connectivity index (χ2n) is 7.83. The van der Waals surface area contributed by atoms with Crippen molar-refractivity contribution in [3.63, 3.8) is 0 Å². The molecule has 0 amide bonds. The lowest BCUT2D eigenvalue weighted by atomic mass is 9.75. The molecule has 0 aromatic heterocycles. The summed E-state index contributed by atoms with van der Waals surface area (Å²) in [5, 5.41) is 0. The van der Waals surface area contributed by atoms with Gasteiger partial charge in [-0.3, -0.25) is 0 Å². The van der Waals surface area contributed by atoms with Gasteiger partial charge in [0.15, 0.2) is 0 Å². The third-order valence-corrected chi connectivity index (χ3v) is 7.25. The van der Waals surface area contributed by atoms with Crippen molar-refractivity contribution in [3.05, 3.63) is 0 Å². The molecule has 4 aliphatic rings. The summed E-state index contributed by atoms with van der Waals surface area (Å²) in [7, 11) is 0. The summed E-state index contributed by atoms with van der Waals surface area (Å²) in [6, 6.07) is 0.571. The fraction of sp³-hybridized carbons (Fsp3) is 1.00. The van der Waals surface area contributed by atoms with Gasteiger partial charge in [-0.2, -0.15) is 0 Å². The molecule has 0 aliphatic heterocycles. The second kappa shape index (κ2) is 4.23. The molecule has 1 heteroatoms. The van der Waals surface area contributed by atoms with E-state index < -0.39 is 0 Å². The zero-order valence-corrected chi connectivity index (χ0v) is 11.9. The van der Waals surface area contributed by atoms with E-state index in [4.69, 9.17) is 5.73 Å². The predicted octanol–water partition coefficient (Wildman–Crippen LogP) is 3.82. The molecule has 0 spiro atoms. The molecule has 0 radical (unpaired) electrons. The minimum absolute atomic E-state index is 0.571. The molecule has 18 heavy (non-hydrogen) atoms. The van der Waals surface area contributed by atoms with E-state index in [9.17, 15) is 0 Å². The van der Waals surface area contributed by atoms with Crippen molar-refractivity contribution in [3.8, 4) is 0 Å². The standard InChI is InChI=1S/C17H29N/c1-2-10-3-5-11(6-4-10)17(18)16-14-12-7-8-13(9-12)15(14)16/h10-17H,2-9,18H2,1H3. The van der Waals surface area contributed by atoms with Crippen molar-refractivity contribution >= 4 is 0 Å². The number of fused-ring (bicyclic) bond motifs is 5. The molecule has 1 nitrogen and oxygen atoms in total. The molecule has 4 saturated carbocycles. The Hall–Kier alpha value is -0.0400. The van der Waals surface area contributed by atoms with E-state index in [2.05, 4.69) is 6.92 Å². The first-order chi connectivity index (χ1) is 8.79. The Balaban J connectivity index is 1.36. The van der Waals surface area contributed by atoms with Gasteiger partial charge in [-0.1, -0.05) is 26.2 Å². The minimum Gasteiger partial charge on any atom is -0.327 e. The summed E-state index contributed by atoms with van der Waals surface area (Å²) in [4.78, 5) is 0.